The van der Waals surface area contributed by atoms with Gasteiger partial charge in [0.15, 0.2) is 5.11 Å². The molecular formula is C16H17BrN2S. The summed E-state index contributed by atoms with van der Waals surface area (Å²) in [7, 11) is 0. The summed E-state index contributed by atoms with van der Waals surface area (Å²) < 4.78 is 1.06. The van der Waals surface area contributed by atoms with E-state index in [2.05, 4.69) is 52.5 Å². The van der Waals surface area contributed by atoms with Crippen molar-refractivity contribution in [3.05, 3.63) is 57.6 Å². The Kier molecular flexibility index (Phi) is 4.78. The van der Waals surface area contributed by atoms with Crippen LogP contribution < -0.4 is 10.6 Å². The van der Waals surface area contributed by atoms with Crippen molar-refractivity contribution in [3.8, 4) is 0 Å². The number of rotatable bonds is 2. The maximum absolute atomic E-state index is 5.38. The lowest BCUT2D eigenvalue weighted by Crippen LogP contribution is -2.20. The Morgan fingerprint density at radius 2 is 1.65 bits per heavy atom. The van der Waals surface area contributed by atoms with Crippen LogP contribution in [-0.2, 0) is 0 Å². The number of hydrogen-bond acceptors (Lipinski definition) is 1. The summed E-state index contributed by atoms with van der Waals surface area (Å²) in [6.07, 6.45) is 0. The van der Waals surface area contributed by atoms with Crippen LogP contribution in [0, 0.1) is 20.8 Å². The number of benzene rings is 2. The molecule has 0 radical (unpaired) electrons. The van der Waals surface area contributed by atoms with E-state index in [-0.39, 0.29) is 0 Å². The molecule has 0 aromatic heterocycles. The van der Waals surface area contributed by atoms with Crippen LogP contribution in [0.25, 0.3) is 0 Å². The van der Waals surface area contributed by atoms with Gasteiger partial charge in [-0.2, -0.15) is 0 Å². The molecule has 0 spiro atoms. The molecular weight excluding hydrogens is 332 g/mol. The molecule has 0 aliphatic heterocycles. The second-order valence-electron chi connectivity index (χ2n) is 4.79. The predicted molar refractivity (Wildman–Crippen MR) is 94.6 cm³/mol. The van der Waals surface area contributed by atoms with E-state index >= 15 is 0 Å². The lowest BCUT2D eigenvalue weighted by atomic mass is 10.1. The molecule has 2 rings (SSSR count). The number of hydrogen-bond donors (Lipinski definition) is 2. The van der Waals surface area contributed by atoms with Crippen LogP contribution in [0.2, 0.25) is 0 Å². The third-order valence-corrected chi connectivity index (χ3v) is 3.99. The number of halogens is 1. The van der Waals surface area contributed by atoms with E-state index in [4.69, 9.17) is 12.2 Å². The largest absolute Gasteiger partial charge is 0.332 e. The van der Waals surface area contributed by atoms with Gasteiger partial charge in [0.25, 0.3) is 0 Å². The van der Waals surface area contributed by atoms with Crippen LogP contribution in [0.3, 0.4) is 0 Å². The van der Waals surface area contributed by atoms with Crippen LogP contribution in [0.15, 0.2) is 40.9 Å². The molecule has 0 amide bonds. The van der Waals surface area contributed by atoms with Crippen molar-refractivity contribution in [2.75, 3.05) is 10.6 Å². The van der Waals surface area contributed by atoms with E-state index in [1.807, 2.05) is 31.2 Å². The third kappa shape index (κ3) is 3.58. The van der Waals surface area contributed by atoms with Gasteiger partial charge in [0.05, 0.1) is 0 Å². The van der Waals surface area contributed by atoms with Crippen LogP contribution in [0.1, 0.15) is 16.7 Å². The molecule has 0 fully saturated rings. The van der Waals surface area contributed by atoms with Gasteiger partial charge in [0.1, 0.15) is 0 Å². The fourth-order valence-electron chi connectivity index (χ4n) is 1.93. The van der Waals surface area contributed by atoms with Gasteiger partial charge in [-0.15, -0.1) is 0 Å². The van der Waals surface area contributed by atoms with Gasteiger partial charge >= 0.3 is 0 Å². The SMILES string of the molecule is Cc1cc(Br)ccc1NC(=S)Nc1cccc(C)c1C. The van der Waals surface area contributed by atoms with Crippen molar-refractivity contribution in [2.24, 2.45) is 0 Å². The van der Waals surface area contributed by atoms with Crippen molar-refractivity contribution < 1.29 is 0 Å². The molecule has 0 saturated heterocycles. The molecule has 20 heavy (non-hydrogen) atoms. The highest BCUT2D eigenvalue weighted by Crippen LogP contribution is 2.21. The van der Waals surface area contributed by atoms with Gasteiger partial charge in [-0.05, 0) is 73.9 Å². The van der Waals surface area contributed by atoms with Crippen LogP contribution >= 0.6 is 28.1 Å². The molecule has 104 valence electrons. The Labute approximate surface area is 133 Å². The zero-order chi connectivity index (χ0) is 14.7. The minimum atomic E-state index is 0.601. The van der Waals surface area contributed by atoms with Crippen LogP contribution in [-0.4, -0.2) is 5.11 Å². The van der Waals surface area contributed by atoms with Crippen molar-refractivity contribution in [2.45, 2.75) is 20.8 Å². The molecule has 0 saturated carbocycles. The van der Waals surface area contributed by atoms with Gasteiger partial charge in [0.2, 0.25) is 0 Å². The molecule has 0 atom stereocenters. The Bertz CT molecular complexity index is 653. The highest BCUT2D eigenvalue weighted by atomic mass is 79.9. The van der Waals surface area contributed by atoms with Gasteiger partial charge < -0.3 is 10.6 Å². The van der Waals surface area contributed by atoms with Crippen molar-refractivity contribution in [1.82, 2.24) is 0 Å². The van der Waals surface area contributed by atoms with Gasteiger partial charge in [0, 0.05) is 15.8 Å². The number of thiocarbonyl (C=S) groups is 1. The van der Waals surface area contributed by atoms with Gasteiger partial charge in [-0.1, -0.05) is 28.1 Å². The van der Waals surface area contributed by atoms with E-state index in [9.17, 15) is 0 Å². The molecule has 2 aromatic carbocycles. The van der Waals surface area contributed by atoms with Gasteiger partial charge in [-0.25, -0.2) is 0 Å². The van der Waals surface area contributed by atoms with Crippen molar-refractivity contribution in [3.63, 3.8) is 0 Å². The monoisotopic (exact) mass is 348 g/mol. The highest BCUT2D eigenvalue weighted by molar-refractivity contribution is 9.10. The normalized spacial score (nSPS) is 10.2. The highest BCUT2D eigenvalue weighted by Gasteiger charge is 2.05. The fraction of sp³-hybridized carbons (Fsp3) is 0.188. The summed E-state index contributed by atoms with van der Waals surface area (Å²) in [4.78, 5) is 0. The zero-order valence-electron chi connectivity index (χ0n) is 11.8. The Hall–Kier alpha value is -1.39. The standard InChI is InChI=1S/C16H17BrN2S/c1-10-5-4-6-15(12(10)3)19-16(20)18-14-8-7-13(17)9-11(14)2/h4-9H,1-3H3,(H2,18,19,20). The van der Waals surface area contributed by atoms with E-state index in [0.717, 1.165) is 21.4 Å². The summed E-state index contributed by atoms with van der Waals surface area (Å²) in [5.74, 6) is 0. The molecule has 0 aliphatic rings. The average molecular weight is 349 g/mol. The molecule has 0 aliphatic carbocycles. The topological polar surface area (TPSA) is 24.1 Å². The lowest BCUT2D eigenvalue weighted by Gasteiger charge is -2.15. The van der Waals surface area contributed by atoms with Gasteiger partial charge in [-0.3, -0.25) is 0 Å². The van der Waals surface area contributed by atoms with E-state index in [1.165, 1.54) is 11.1 Å². The number of nitrogens with one attached hydrogen (secondary N) is 2. The minimum absolute atomic E-state index is 0.601. The Morgan fingerprint density at radius 1 is 0.950 bits per heavy atom. The molecule has 2 nitrogen and oxygen atoms in total. The maximum Gasteiger partial charge on any atom is 0.175 e. The second kappa shape index (κ2) is 6.37. The smallest absolute Gasteiger partial charge is 0.175 e. The first kappa shape index (κ1) is 15.0. The molecule has 4 heteroatoms. The first-order chi connectivity index (χ1) is 9.47. The molecule has 0 unspecified atom stereocenters. The summed E-state index contributed by atoms with van der Waals surface area (Å²) in [6, 6.07) is 12.2. The molecule has 0 bridgehead atoms. The third-order valence-electron chi connectivity index (χ3n) is 3.29. The van der Waals surface area contributed by atoms with E-state index in [0.29, 0.717) is 5.11 Å². The summed E-state index contributed by atoms with van der Waals surface area (Å²) in [5.41, 5.74) is 5.65. The Balaban J connectivity index is 2.11. The van der Waals surface area contributed by atoms with Crippen molar-refractivity contribution in [1.29, 1.82) is 0 Å². The molecule has 0 heterocycles. The number of aryl methyl sites for hydroxylation is 2. The summed E-state index contributed by atoms with van der Waals surface area (Å²) in [5, 5.41) is 7.08. The first-order valence-electron chi connectivity index (χ1n) is 6.38. The first-order valence-corrected chi connectivity index (χ1v) is 7.58. The lowest BCUT2D eigenvalue weighted by molar-refractivity contribution is 1.34. The number of anilines is 2. The van der Waals surface area contributed by atoms with Crippen molar-refractivity contribution >= 4 is 44.6 Å². The minimum Gasteiger partial charge on any atom is -0.332 e. The van der Waals surface area contributed by atoms with Crippen LogP contribution in [0.4, 0.5) is 11.4 Å². The molecule has 2 aromatic rings. The second-order valence-corrected chi connectivity index (χ2v) is 6.11. The molecule has 2 N–H and O–H groups in total. The average Bonchev–Trinajstić information content (AvgIpc) is 2.38. The maximum atomic E-state index is 5.38. The van der Waals surface area contributed by atoms with E-state index in [1.54, 1.807) is 0 Å². The quantitative estimate of drug-likeness (QED) is 0.730. The fourth-order valence-corrected chi connectivity index (χ4v) is 2.63. The van der Waals surface area contributed by atoms with Crippen LogP contribution in [0.5, 0.6) is 0 Å². The Morgan fingerprint density at radius 3 is 2.35 bits per heavy atom. The summed E-state index contributed by atoms with van der Waals surface area (Å²) in [6.45, 7) is 6.23. The summed E-state index contributed by atoms with van der Waals surface area (Å²) >= 11 is 8.84. The zero-order valence-corrected chi connectivity index (χ0v) is 14.2. The predicted octanol–water partition coefficient (Wildman–Crippen LogP) is 5.18. The van der Waals surface area contributed by atoms with E-state index < -0.39 is 0 Å².